The Hall–Kier alpha value is -3.91. The zero-order valence-electron chi connectivity index (χ0n) is 19.4. The molecule has 8 heteroatoms. The molecular weight excluding hydrogens is 430 g/mol. The number of likely N-dealkylation sites (N-methyl/N-ethyl adjacent to an activating group) is 1. The van der Waals surface area contributed by atoms with Crippen LogP contribution in [-0.4, -0.2) is 65.1 Å². The number of likely N-dealkylation sites (tertiary alicyclic amines) is 1. The summed E-state index contributed by atoms with van der Waals surface area (Å²) in [4.78, 5) is 28.4. The van der Waals surface area contributed by atoms with Gasteiger partial charge in [-0.3, -0.25) is 14.3 Å². The summed E-state index contributed by atoms with van der Waals surface area (Å²) in [5.74, 6) is 0.876. The summed E-state index contributed by atoms with van der Waals surface area (Å²) < 4.78 is 7.61. The van der Waals surface area contributed by atoms with Crippen LogP contribution in [0.15, 0.2) is 72.9 Å². The molecule has 4 rings (SSSR count). The minimum Gasteiger partial charge on any atom is -0.457 e. The van der Waals surface area contributed by atoms with Crippen LogP contribution in [0.25, 0.3) is 11.3 Å². The number of carbonyl (C=O) groups excluding carboxylic acids is 2. The summed E-state index contributed by atoms with van der Waals surface area (Å²) in [5.41, 5.74) is 7.30. The molecule has 2 heterocycles. The summed E-state index contributed by atoms with van der Waals surface area (Å²) in [6.45, 7) is 1.89. The number of nitrogens with two attached hydrogens (primary N) is 1. The number of aromatic nitrogens is 2. The van der Waals surface area contributed by atoms with E-state index in [9.17, 15) is 9.59 Å². The Morgan fingerprint density at radius 2 is 1.82 bits per heavy atom. The fourth-order valence-electron chi connectivity index (χ4n) is 3.91. The molecule has 0 saturated carbocycles. The van der Waals surface area contributed by atoms with Gasteiger partial charge in [-0.2, -0.15) is 5.10 Å². The van der Waals surface area contributed by atoms with Gasteiger partial charge in [0.15, 0.2) is 0 Å². The number of ether oxygens (including phenoxy) is 1. The molecule has 1 aliphatic rings. The van der Waals surface area contributed by atoms with E-state index in [0.29, 0.717) is 36.6 Å². The minimum atomic E-state index is -0.539. The van der Waals surface area contributed by atoms with E-state index < -0.39 is 5.91 Å². The first kappa shape index (κ1) is 23.3. The predicted molar refractivity (Wildman–Crippen MR) is 131 cm³/mol. The van der Waals surface area contributed by atoms with E-state index >= 15 is 0 Å². The third kappa shape index (κ3) is 5.52. The molecule has 0 bridgehead atoms. The lowest BCUT2D eigenvalue weighted by Crippen LogP contribution is -2.27. The Labute approximate surface area is 199 Å². The van der Waals surface area contributed by atoms with Crippen LogP contribution in [0.5, 0.6) is 11.5 Å². The maximum absolute atomic E-state index is 12.5. The molecule has 3 aromatic rings. The van der Waals surface area contributed by atoms with E-state index in [1.807, 2.05) is 79.7 Å². The normalized spacial score (nSPS) is 15.9. The molecule has 176 valence electrons. The summed E-state index contributed by atoms with van der Waals surface area (Å²) in [7, 11) is 3.91. The van der Waals surface area contributed by atoms with Crippen molar-refractivity contribution in [3.8, 4) is 22.8 Å². The van der Waals surface area contributed by atoms with Gasteiger partial charge in [0.2, 0.25) is 5.91 Å². The van der Waals surface area contributed by atoms with Crippen LogP contribution in [0.3, 0.4) is 0 Å². The number of amides is 2. The molecule has 1 saturated heterocycles. The van der Waals surface area contributed by atoms with Crippen molar-refractivity contribution in [1.29, 1.82) is 0 Å². The standard InChI is InChI=1S/C26H29N5O3/c1-29(2)15-6-9-24(32)30-16-14-20(17-30)31-18-23(26(27)33)25(28-31)19-10-12-22(13-11-19)34-21-7-4-3-5-8-21/h3-13,18,20H,14-17H2,1-2H3,(H2,27,33). The highest BCUT2D eigenvalue weighted by Gasteiger charge is 2.28. The average Bonchev–Trinajstić information content (AvgIpc) is 3.48. The van der Waals surface area contributed by atoms with E-state index in [1.165, 1.54) is 0 Å². The molecule has 8 nitrogen and oxygen atoms in total. The van der Waals surface area contributed by atoms with Gasteiger partial charge in [0.1, 0.15) is 17.2 Å². The van der Waals surface area contributed by atoms with E-state index in [-0.39, 0.29) is 11.9 Å². The second kappa shape index (κ2) is 10.4. The number of hydrogen-bond donors (Lipinski definition) is 1. The third-order valence-electron chi connectivity index (χ3n) is 5.68. The van der Waals surface area contributed by atoms with Crippen LogP contribution >= 0.6 is 0 Å². The SMILES string of the molecule is CN(C)CC=CC(=O)N1CCC(n2cc(C(N)=O)c(-c3ccc(Oc4ccccc4)cc3)n2)C1. The first-order valence-electron chi connectivity index (χ1n) is 11.2. The topological polar surface area (TPSA) is 93.7 Å². The molecule has 2 N–H and O–H groups in total. The number of primary amides is 1. The minimum absolute atomic E-state index is 0.0131. The quantitative estimate of drug-likeness (QED) is 0.522. The van der Waals surface area contributed by atoms with Gasteiger partial charge < -0.3 is 20.3 Å². The number of rotatable bonds is 8. The summed E-state index contributed by atoms with van der Waals surface area (Å²) in [5, 5.41) is 4.69. The highest BCUT2D eigenvalue weighted by molar-refractivity contribution is 5.98. The summed E-state index contributed by atoms with van der Waals surface area (Å²) in [6, 6.07) is 16.9. The lowest BCUT2D eigenvalue weighted by atomic mass is 10.1. The van der Waals surface area contributed by atoms with Crippen molar-refractivity contribution in [2.45, 2.75) is 12.5 Å². The van der Waals surface area contributed by atoms with Crippen LogP contribution in [0.4, 0.5) is 0 Å². The molecular formula is C26H29N5O3. The van der Waals surface area contributed by atoms with Crippen molar-refractivity contribution in [2.75, 3.05) is 33.7 Å². The maximum atomic E-state index is 12.5. The molecule has 1 aliphatic heterocycles. The number of hydrogen-bond acceptors (Lipinski definition) is 5. The highest BCUT2D eigenvalue weighted by Crippen LogP contribution is 2.29. The summed E-state index contributed by atoms with van der Waals surface area (Å²) in [6.07, 6.45) is 5.92. The lowest BCUT2D eigenvalue weighted by molar-refractivity contribution is -0.125. The molecule has 1 fully saturated rings. The van der Waals surface area contributed by atoms with Crippen molar-refractivity contribution >= 4 is 11.8 Å². The van der Waals surface area contributed by atoms with Crippen molar-refractivity contribution in [3.63, 3.8) is 0 Å². The summed E-state index contributed by atoms with van der Waals surface area (Å²) >= 11 is 0. The fraction of sp³-hybridized carbons (Fsp3) is 0.269. The Kier molecular flexibility index (Phi) is 7.08. The zero-order valence-corrected chi connectivity index (χ0v) is 19.4. The Balaban J connectivity index is 1.48. The van der Waals surface area contributed by atoms with E-state index in [4.69, 9.17) is 10.5 Å². The largest absolute Gasteiger partial charge is 0.457 e. The van der Waals surface area contributed by atoms with Crippen molar-refractivity contribution < 1.29 is 14.3 Å². The van der Waals surface area contributed by atoms with Gasteiger partial charge in [0.05, 0.1) is 11.6 Å². The van der Waals surface area contributed by atoms with Crippen LogP contribution in [0, 0.1) is 0 Å². The van der Waals surface area contributed by atoms with Crippen molar-refractivity contribution in [3.05, 3.63) is 78.5 Å². The second-order valence-electron chi connectivity index (χ2n) is 8.57. The third-order valence-corrected chi connectivity index (χ3v) is 5.68. The van der Waals surface area contributed by atoms with Gasteiger partial charge in [-0.05, 0) is 56.9 Å². The molecule has 1 atom stereocenters. The molecule has 1 unspecified atom stereocenters. The predicted octanol–water partition coefficient (Wildman–Crippen LogP) is 3.33. The van der Waals surface area contributed by atoms with Gasteiger partial charge in [-0.1, -0.05) is 24.3 Å². The average molecular weight is 460 g/mol. The van der Waals surface area contributed by atoms with Crippen molar-refractivity contribution in [2.24, 2.45) is 5.73 Å². The van der Waals surface area contributed by atoms with E-state index in [1.54, 1.807) is 21.9 Å². The fourth-order valence-corrected chi connectivity index (χ4v) is 3.91. The van der Waals surface area contributed by atoms with Crippen molar-refractivity contribution in [1.82, 2.24) is 19.6 Å². The highest BCUT2D eigenvalue weighted by atomic mass is 16.5. The molecule has 0 radical (unpaired) electrons. The lowest BCUT2D eigenvalue weighted by Gasteiger charge is -2.15. The smallest absolute Gasteiger partial charge is 0.252 e. The molecule has 0 spiro atoms. The van der Waals surface area contributed by atoms with Gasteiger partial charge >= 0.3 is 0 Å². The van der Waals surface area contributed by atoms with Gasteiger partial charge in [0.25, 0.3) is 5.91 Å². The first-order chi connectivity index (χ1) is 16.4. The van der Waals surface area contributed by atoms with Crippen LogP contribution in [-0.2, 0) is 4.79 Å². The monoisotopic (exact) mass is 459 g/mol. The van der Waals surface area contributed by atoms with Gasteiger partial charge in [-0.25, -0.2) is 0 Å². The molecule has 34 heavy (non-hydrogen) atoms. The van der Waals surface area contributed by atoms with E-state index in [2.05, 4.69) is 5.10 Å². The Morgan fingerprint density at radius 3 is 2.50 bits per heavy atom. The van der Waals surface area contributed by atoms with E-state index in [0.717, 1.165) is 17.7 Å². The van der Waals surface area contributed by atoms with Crippen LogP contribution in [0.1, 0.15) is 22.8 Å². The zero-order chi connectivity index (χ0) is 24.1. The first-order valence-corrected chi connectivity index (χ1v) is 11.2. The number of nitrogens with zero attached hydrogens (tertiary/aromatic N) is 4. The second-order valence-corrected chi connectivity index (χ2v) is 8.57. The Morgan fingerprint density at radius 1 is 1.12 bits per heavy atom. The molecule has 1 aromatic heterocycles. The number of para-hydroxylation sites is 1. The molecule has 2 amide bonds. The molecule has 2 aromatic carbocycles. The van der Waals surface area contributed by atoms with Crippen LogP contribution < -0.4 is 10.5 Å². The van der Waals surface area contributed by atoms with Gasteiger partial charge in [-0.15, -0.1) is 0 Å². The number of carbonyl (C=O) groups is 2. The maximum Gasteiger partial charge on any atom is 0.252 e. The molecule has 0 aliphatic carbocycles. The van der Waals surface area contributed by atoms with Crippen LogP contribution in [0.2, 0.25) is 0 Å². The number of benzene rings is 2. The van der Waals surface area contributed by atoms with Gasteiger partial charge in [0, 0.05) is 37.5 Å². The Bertz CT molecular complexity index is 1170.